The van der Waals surface area contributed by atoms with Gasteiger partial charge in [-0.2, -0.15) is 0 Å². The van der Waals surface area contributed by atoms with Gasteiger partial charge in [0.2, 0.25) is 0 Å². The number of hydrogen-bond acceptors (Lipinski definition) is 4. The van der Waals surface area contributed by atoms with Crippen molar-refractivity contribution in [3.8, 4) is 0 Å². The fourth-order valence-electron chi connectivity index (χ4n) is 1.97. The van der Waals surface area contributed by atoms with E-state index in [0.29, 0.717) is 5.92 Å². The molecular weight excluding hydrogens is 250 g/mol. The average molecular weight is 279 g/mol. The Kier molecular flexibility index (Phi) is 7.55. The minimum atomic E-state index is 0.285. The van der Waals surface area contributed by atoms with Crippen LogP contribution in [0.25, 0.3) is 0 Å². The lowest BCUT2D eigenvalue weighted by Crippen LogP contribution is -2.26. The summed E-state index contributed by atoms with van der Waals surface area (Å²) in [5.41, 5.74) is 2.46. The average Bonchev–Trinajstić information content (AvgIpc) is 2.38. The summed E-state index contributed by atoms with van der Waals surface area (Å²) in [6, 6.07) is 2.07. The van der Waals surface area contributed by atoms with Crippen molar-refractivity contribution in [2.24, 2.45) is 5.92 Å². The molecule has 0 bridgehead atoms. The summed E-state index contributed by atoms with van der Waals surface area (Å²) < 4.78 is 5.61. The predicted octanol–water partition coefficient (Wildman–Crippen LogP) is 2.69. The molecule has 0 aliphatic rings. The van der Waals surface area contributed by atoms with Gasteiger partial charge in [0.05, 0.1) is 12.7 Å². The van der Waals surface area contributed by atoms with E-state index >= 15 is 0 Å². The van der Waals surface area contributed by atoms with Gasteiger partial charge < -0.3 is 15.0 Å². The van der Waals surface area contributed by atoms with Gasteiger partial charge in [0.15, 0.2) is 0 Å². The molecule has 0 aromatic carbocycles. The Morgan fingerprint density at radius 1 is 1.30 bits per heavy atom. The highest BCUT2D eigenvalue weighted by Gasteiger charge is 2.08. The molecule has 1 heterocycles. The summed E-state index contributed by atoms with van der Waals surface area (Å²) in [5.74, 6) is 0.660. The van der Waals surface area contributed by atoms with Crippen LogP contribution in [0, 0.1) is 5.92 Å². The molecule has 4 heteroatoms. The van der Waals surface area contributed by atoms with Gasteiger partial charge in [-0.15, -0.1) is 0 Å². The van der Waals surface area contributed by atoms with Crippen LogP contribution in [0.2, 0.25) is 0 Å². The second kappa shape index (κ2) is 8.93. The second-order valence-corrected chi connectivity index (χ2v) is 5.87. The molecule has 0 unspecified atom stereocenters. The van der Waals surface area contributed by atoms with E-state index < -0.39 is 0 Å². The summed E-state index contributed by atoms with van der Waals surface area (Å²) in [7, 11) is 2.10. The van der Waals surface area contributed by atoms with E-state index in [4.69, 9.17) is 4.74 Å². The molecule has 20 heavy (non-hydrogen) atoms. The van der Waals surface area contributed by atoms with Gasteiger partial charge >= 0.3 is 0 Å². The number of rotatable bonds is 9. The molecule has 0 spiro atoms. The van der Waals surface area contributed by atoms with Crippen LogP contribution in [0.3, 0.4) is 0 Å². The Morgan fingerprint density at radius 2 is 2.05 bits per heavy atom. The van der Waals surface area contributed by atoms with E-state index in [2.05, 4.69) is 56.0 Å². The highest BCUT2D eigenvalue weighted by atomic mass is 16.5. The van der Waals surface area contributed by atoms with Crippen LogP contribution < -0.4 is 10.2 Å². The summed E-state index contributed by atoms with van der Waals surface area (Å²) in [5, 5.41) is 3.47. The van der Waals surface area contributed by atoms with Crippen LogP contribution in [0.4, 0.5) is 5.69 Å². The van der Waals surface area contributed by atoms with Crippen molar-refractivity contribution >= 4 is 5.69 Å². The molecule has 114 valence electrons. The van der Waals surface area contributed by atoms with E-state index in [1.54, 1.807) is 0 Å². The van der Waals surface area contributed by atoms with Crippen LogP contribution >= 0.6 is 0 Å². The summed E-state index contributed by atoms with van der Waals surface area (Å²) in [6.07, 6.45) is 4.08. The number of anilines is 1. The number of hydrogen-bond donors (Lipinski definition) is 1. The molecule has 1 aromatic heterocycles. The van der Waals surface area contributed by atoms with Gasteiger partial charge in [-0.25, -0.2) is 0 Å². The molecule has 0 aliphatic carbocycles. The molecule has 0 fully saturated rings. The van der Waals surface area contributed by atoms with E-state index in [9.17, 15) is 0 Å². The molecule has 4 nitrogen and oxygen atoms in total. The van der Waals surface area contributed by atoms with E-state index in [-0.39, 0.29) is 6.10 Å². The molecule has 0 amide bonds. The third kappa shape index (κ3) is 6.35. The van der Waals surface area contributed by atoms with Crippen molar-refractivity contribution in [3.63, 3.8) is 0 Å². The largest absolute Gasteiger partial charge is 0.377 e. The van der Waals surface area contributed by atoms with Gasteiger partial charge in [-0.05, 0) is 32.4 Å². The van der Waals surface area contributed by atoms with Gasteiger partial charge in [0.25, 0.3) is 0 Å². The van der Waals surface area contributed by atoms with Gasteiger partial charge in [-0.3, -0.25) is 4.98 Å². The topological polar surface area (TPSA) is 37.4 Å². The summed E-state index contributed by atoms with van der Waals surface area (Å²) >= 11 is 0. The molecule has 0 aliphatic heterocycles. The molecule has 1 rings (SSSR count). The number of aromatic nitrogens is 1. The maximum Gasteiger partial charge on any atom is 0.0644 e. The molecule has 1 N–H and O–H groups in total. The molecular formula is C16H29N3O. The van der Waals surface area contributed by atoms with Gasteiger partial charge in [0, 0.05) is 43.8 Å². The Labute approximate surface area is 123 Å². The molecule has 0 saturated heterocycles. The lowest BCUT2D eigenvalue weighted by atomic mass is 10.2. The van der Waals surface area contributed by atoms with Crippen LogP contribution in [0.15, 0.2) is 18.5 Å². The molecule has 0 radical (unpaired) electrons. The molecule has 0 atom stereocenters. The third-order valence-corrected chi connectivity index (χ3v) is 3.04. The quantitative estimate of drug-likeness (QED) is 0.754. The van der Waals surface area contributed by atoms with E-state index in [0.717, 1.165) is 26.2 Å². The van der Waals surface area contributed by atoms with Crippen molar-refractivity contribution < 1.29 is 4.74 Å². The van der Waals surface area contributed by atoms with Crippen LogP contribution in [0.1, 0.15) is 33.3 Å². The number of nitrogens with zero attached hydrogens (tertiary/aromatic N) is 2. The Morgan fingerprint density at radius 3 is 2.70 bits per heavy atom. The fourth-order valence-corrected chi connectivity index (χ4v) is 1.97. The van der Waals surface area contributed by atoms with Gasteiger partial charge in [0.1, 0.15) is 0 Å². The molecule has 1 aromatic rings. The van der Waals surface area contributed by atoms with Crippen LogP contribution in [-0.2, 0) is 11.3 Å². The van der Waals surface area contributed by atoms with Crippen molar-refractivity contribution in [1.29, 1.82) is 0 Å². The molecule has 0 saturated carbocycles. The zero-order valence-electron chi connectivity index (χ0n) is 13.5. The zero-order chi connectivity index (χ0) is 15.0. The van der Waals surface area contributed by atoms with Gasteiger partial charge in [-0.1, -0.05) is 13.8 Å². The van der Waals surface area contributed by atoms with E-state index in [1.165, 1.54) is 11.3 Å². The first kappa shape index (κ1) is 16.9. The summed E-state index contributed by atoms with van der Waals surface area (Å²) in [6.45, 7) is 12.1. The lowest BCUT2D eigenvalue weighted by molar-refractivity contribution is 0.0846. The van der Waals surface area contributed by atoms with E-state index in [1.807, 2.05) is 12.4 Å². The number of likely N-dealkylation sites (N-methyl/N-ethyl adjacent to an activating group) is 1. The maximum absolute atomic E-state index is 5.61. The minimum Gasteiger partial charge on any atom is -0.377 e. The second-order valence-electron chi connectivity index (χ2n) is 5.87. The minimum absolute atomic E-state index is 0.285. The zero-order valence-corrected chi connectivity index (χ0v) is 13.5. The third-order valence-electron chi connectivity index (χ3n) is 3.04. The van der Waals surface area contributed by atoms with Crippen molar-refractivity contribution in [2.45, 2.75) is 40.3 Å². The SMILES string of the molecule is CC(C)CNCc1cnccc1N(C)CCOC(C)C. The van der Waals surface area contributed by atoms with Crippen molar-refractivity contribution in [1.82, 2.24) is 10.3 Å². The Bertz CT molecular complexity index is 380. The smallest absolute Gasteiger partial charge is 0.0644 e. The van der Waals surface area contributed by atoms with Crippen LogP contribution in [0.5, 0.6) is 0 Å². The Balaban J connectivity index is 2.54. The standard InChI is InChI=1S/C16H29N3O/c1-13(2)10-18-12-15-11-17-7-6-16(15)19(5)8-9-20-14(3)4/h6-7,11,13-14,18H,8-10,12H2,1-5H3. The highest BCUT2D eigenvalue weighted by molar-refractivity contribution is 5.51. The highest BCUT2D eigenvalue weighted by Crippen LogP contribution is 2.17. The fraction of sp³-hybridized carbons (Fsp3) is 0.688. The number of ether oxygens (including phenoxy) is 1. The van der Waals surface area contributed by atoms with Crippen molar-refractivity contribution in [3.05, 3.63) is 24.0 Å². The first-order valence-electron chi connectivity index (χ1n) is 7.47. The monoisotopic (exact) mass is 279 g/mol. The van der Waals surface area contributed by atoms with Crippen molar-refractivity contribution in [2.75, 3.05) is 31.6 Å². The normalized spacial score (nSPS) is 11.3. The maximum atomic E-state index is 5.61. The lowest BCUT2D eigenvalue weighted by Gasteiger charge is -2.23. The first-order valence-corrected chi connectivity index (χ1v) is 7.47. The van der Waals surface area contributed by atoms with Crippen LogP contribution in [-0.4, -0.2) is 37.8 Å². The Hall–Kier alpha value is -1.13. The first-order chi connectivity index (χ1) is 9.50. The number of pyridine rings is 1. The summed E-state index contributed by atoms with van der Waals surface area (Å²) in [4.78, 5) is 6.47. The predicted molar refractivity (Wildman–Crippen MR) is 85.1 cm³/mol. The number of nitrogens with one attached hydrogen (secondary N) is 1.